The number of aliphatic hydroxyl groups excluding tert-OH is 1. The van der Waals surface area contributed by atoms with Crippen LogP contribution in [0.1, 0.15) is 33.1 Å². The summed E-state index contributed by atoms with van der Waals surface area (Å²) in [6.07, 6.45) is 4.78. The van der Waals surface area contributed by atoms with Crippen molar-refractivity contribution < 1.29 is 14.7 Å². The van der Waals surface area contributed by atoms with Crippen LogP contribution in [-0.2, 0) is 16.1 Å². The quantitative estimate of drug-likeness (QED) is 0.886. The van der Waals surface area contributed by atoms with Crippen LogP contribution in [0.25, 0.3) is 0 Å². The van der Waals surface area contributed by atoms with Crippen LogP contribution in [0, 0.1) is 11.8 Å². The van der Waals surface area contributed by atoms with E-state index in [2.05, 4.69) is 18.9 Å². The summed E-state index contributed by atoms with van der Waals surface area (Å²) in [7, 11) is 0. The van der Waals surface area contributed by atoms with Crippen molar-refractivity contribution in [2.75, 3.05) is 24.5 Å². The Hall–Kier alpha value is -1.89. The Kier molecular flexibility index (Phi) is 4.89. The fourth-order valence-electron chi connectivity index (χ4n) is 3.43. The summed E-state index contributed by atoms with van der Waals surface area (Å²) in [4.78, 5) is 28.4. The van der Waals surface area contributed by atoms with Gasteiger partial charge in [-0.15, -0.1) is 0 Å². The maximum absolute atomic E-state index is 12.6. The molecule has 2 saturated heterocycles. The molecule has 0 aromatic carbocycles. The Balaban J connectivity index is 1.63. The number of amides is 2. The molecule has 1 atom stereocenters. The normalized spacial score (nSPS) is 22.7. The van der Waals surface area contributed by atoms with Crippen LogP contribution < -0.4 is 4.90 Å². The highest BCUT2D eigenvalue weighted by molar-refractivity contribution is 6.00. The van der Waals surface area contributed by atoms with Gasteiger partial charge in [-0.3, -0.25) is 14.3 Å². The third-order valence-corrected chi connectivity index (χ3v) is 4.73. The van der Waals surface area contributed by atoms with Crippen molar-refractivity contribution in [3.8, 4) is 0 Å². The smallest absolute Gasteiger partial charge is 0.228 e. The Morgan fingerprint density at radius 2 is 2.08 bits per heavy atom. The summed E-state index contributed by atoms with van der Waals surface area (Å²) in [6.45, 7) is 6.62. The lowest BCUT2D eigenvalue weighted by Gasteiger charge is -2.31. The molecule has 0 unspecified atom stereocenters. The summed E-state index contributed by atoms with van der Waals surface area (Å²) in [6, 6.07) is 0. The summed E-state index contributed by atoms with van der Waals surface area (Å²) in [5, 5.41) is 13.9. The van der Waals surface area contributed by atoms with Gasteiger partial charge in [0.2, 0.25) is 11.8 Å². The summed E-state index contributed by atoms with van der Waals surface area (Å²) in [5.41, 5.74) is 0.769. The van der Waals surface area contributed by atoms with Gasteiger partial charge in [-0.25, -0.2) is 0 Å². The zero-order valence-corrected chi connectivity index (χ0v) is 14.4. The van der Waals surface area contributed by atoms with Crippen molar-refractivity contribution in [3.05, 3.63) is 12.4 Å². The molecule has 0 aliphatic carbocycles. The molecular weight excluding hydrogens is 308 g/mol. The lowest BCUT2D eigenvalue weighted by molar-refractivity contribution is -0.137. The number of carbonyl (C=O) groups is 2. The highest BCUT2D eigenvalue weighted by Gasteiger charge is 2.38. The number of nitrogens with zero attached hydrogens (tertiary/aromatic N) is 4. The average molecular weight is 334 g/mol. The van der Waals surface area contributed by atoms with Crippen molar-refractivity contribution in [1.82, 2.24) is 14.7 Å². The Bertz CT molecular complexity index is 605. The number of likely N-dealkylation sites (tertiary alicyclic amines) is 1. The van der Waals surface area contributed by atoms with Crippen LogP contribution in [0.5, 0.6) is 0 Å². The molecule has 2 aliphatic heterocycles. The van der Waals surface area contributed by atoms with Crippen molar-refractivity contribution in [2.24, 2.45) is 11.8 Å². The first-order valence-corrected chi connectivity index (χ1v) is 8.73. The maximum Gasteiger partial charge on any atom is 0.228 e. The number of hydrogen-bond acceptors (Lipinski definition) is 4. The molecule has 0 saturated carbocycles. The molecule has 2 aliphatic rings. The molecular formula is C17H26N4O3. The summed E-state index contributed by atoms with van der Waals surface area (Å²) < 4.78 is 1.84. The van der Waals surface area contributed by atoms with Gasteiger partial charge in [0.05, 0.1) is 23.9 Å². The van der Waals surface area contributed by atoms with Crippen LogP contribution in [0.2, 0.25) is 0 Å². The van der Waals surface area contributed by atoms with Gasteiger partial charge in [-0.2, -0.15) is 5.10 Å². The molecule has 0 bridgehead atoms. The average Bonchev–Trinajstić information content (AvgIpc) is 3.13. The number of aromatic nitrogens is 2. The molecule has 0 radical (unpaired) electrons. The number of anilines is 1. The first kappa shape index (κ1) is 17.0. The van der Waals surface area contributed by atoms with E-state index >= 15 is 0 Å². The van der Waals surface area contributed by atoms with Crippen LogP contribution in [0.4, 0.5) is 5.69 Å². The molecule has 24 heavy (non-hydrogen) atoms. The van der Waals surface area contributed by atoms with E-state index in [1.165, 1.54) is 0 Å². The molecule has 3 rings (SSSR count). The second-order valence-electron chi connectivity index (χ2n) is 7.28. The Morgan fingerprint density at radius 1 is 1.38 bits per heavy atom. The Labute approximate surface area is 142 Å². The minimum Gasteiger partial charge on any atom is -0.393 e. The summed E-state index contributed by atoms with van der Waals surface area (Å²) in [5.74, 6) is 0.207. The van der Waals surface area contributed by atoms with Gasteiger partial charge in [-0.1, -0.05) is 13.8 Å². The third-order valence-electron chi connectivity index (χ3n) is 4.73. The zero-order valence-electron chi connectivity index (χ0n) is 14.4. The fraction of sp³-hybridized carbons (Fsp3) is 0.706. The van der Waals surface area contributed by atoms with Gasteiger partial charge < -0.3 is 14.9 Å². The van der Waals surface area contributed by atoms with E-state index in [1.807, 2.05) is 10.9 Å². The van der Waals surface area contributed by atoms with Crippen LogP contribution >= 0.6 is 0 Å². The lowest BCUT2D eigenvalue weighted by Crippen LogP contribution is -2.43. The monoisotopic (exact) mass is 334 g/mol. The molecule has 0 spiro atoms. The number of carbonyl (C=O) groups excluding carboxylic acids is 2. The van der Waals surface area contributed by atoms with Gasteiger partial charge >= 0.3 is 0 Å². The van der Waals surface area contributed by atoms with E-state index in [1.54, 1.807) is 16.0 Å². The van der Waals surface area contributed by atoms with Crippen molar-refractivity contribution >= 4 is 17.5 Å². The van der Waals surface area contributed by atoms with E-state index in [9.17, 15) is 14.7 Å². The number of hydrogen-bond donors (Lipinski definition) is 1. The SMILES string of the molecule is CC(C)Cn1cc(N2C[C@H](C(=O)N3CCC(O)CC3)CC2=O)cn1. The highest BCUT2D eigenvalue weighted by atomic mass is 16.3. The fourth-order valence-corrected chi connectivity index (χ4v) is 3.43. The lowest BCUT2D eigenvalue weighted by atomic mass is 10.0. The van der Waals surface area contributed by atoms with Crippen molar-refractivity contribution in [2.45, 2.75) is 45.8 Å². The van der Waals surface area contributed by atoms with E-state index in [0.717, 1.165) is 12.2 Å². The second-order valence-corrected chi connectivity index (χ2v) is 7.28. The van der Waals surface area contributed by atoms with Crippen LogP contribution in [-0.4, -0.2) is 57.3 Å². The minimum absolute atomic E-state index is 0.0190. The minimum atomic E-state index is -0.303. The first-order chi connectivity index (χ1) is 11.4. The predicted molar refractivity (Wildman–Crippen MR) is 89.3 cm³/mol. The maximum atomic E-state index is 12.6. The predicted octanol–water partition coefficient (Wildman–Crippen LogP) is 0.875. The van der Waals surface area contributed by atoms with Crippen molar-refractivity contribution in [3.63, 3.8) is 0 Å². The van der Waals surface area contributed by atoms with Crippen LogP contribution in [0.3, 0.4) is 0 Å². The van der Waals surface area contributed by atoms with E-state index in [-0.39, 0.29) is 30.3 Å². The Morgan fingerprint density at radius 3 is 2.75 bits per heavy atom. The van der Waals surface area contributed by atoms with Gasteiger partial charge in [0.25, 0.3) is 0 Å². The van der Waals surface area contributed by atoms with Gasteiger partial charge in [-0.05, 0) is 18.8 Å². The topological polar surface area (TPSA) is 78.7 Å². The van der Waals surface area contributed by atoms with E-state index < -0.39 is 0 Å². The molecule has 2 fully saturated rings. The standard InChI is InChI=1S/C17H26N4O3/c1-12(2)9-20-11-14(8-18-20)21-10-13(7-16(21)23)17(24)19-5-3-15(22)4-6-19/h8,11-13,15,22H,3-7,9-10H2,1-2H3/t13-/m1/s1. The summed E-state index contributed by atoms with van der Waals surface area (Å²) >= 11 is 0. The molecule has 7 nitrogen and oxygen atoms in total. The first-order valence-electron chi connectivity index (χ1n) is 8.73. The molecule has 7 heteroatoms. The van der Waals surface area contributed by atoms with Crippen LogP contribution in [0.15, 0.2) is 12.4 Å². The molecule has 132 valence electrons. The zero-order chi connectivity index (χ0) is 17.3. The van der Waals surface area contributed by atoms with Crippen molar-refractivity contribution in [1.29, 1.82) is 0 Å². The molecule has 3 heterocycles. The molecule has 2 amide bonds. The molecule has 1 aromatic heterocycles. The number of piperidine rings is 1. The van der Waals surface area contributed by atoms with Gasteiger partial charge in [0, 0.05) is 38.8 Å². The van der Waals surface area contributed by atoms with E-state index in [0.29, 0.717) is 38.4 Å². The van der Waals surface area contributed by atoms with E-state index in [4.69, 9.17) is 0 Å². The second kappa shape index (κ2) is 6.93. The number of rotatable bonds is 4. The largest absolute Gasteiger partial charge is 0.393 e. The molecule has 1 aromatic rings. The molecule has 1 N–H and O–H groups in total. The van der Waals surface area contributed by atoms with Gasteiger partial charge in [0.1, 0.15) is 0 Å². The highest BCUT2D eigenvalue weighted by Crippen LogP contribution is 2.27. The van der Waals surface area contributed by atoms with Gasteiger partial charge in [0.15, 0.2) is 0 Å². The third kappa shape index (κ3) is 3.61. The number of aliphatic hydroxyl groups is 1.